The Morgan fingerprint density at radius 2 is 2.04 bits per heavy atom. The Morgan fingerprint density at radius 3 is 2.70 bits per heavy atom. The summed E-state index contributed by atoms with van der Waals surface area (Å²) in [5, 5.41) is 4.91. The fourth-order valence-corrected chi connectivity index (χ4v) is 5.16. The first-order chi connectivity index (χ1) is 13.0. The second-order valence-electron chi connectivity index (χ2n) is 7.81. The first-order valence-corrected chi connectivity index (χ1v) is 10.6. The Bertz CT molecular complexity index is 729. The predicted molar refractivity (Wildman–Crippen MR) is 102 cm³/mol. The van der Waals surface area contributed by atoms with Crippen LogP contribution in [-0.4, -0.2) is 70.9 Å². The van der Waals surface area contributed by atoms with Crippen molar-refractivity contribution in [2.24, 2.45) is 5.92 Å². The average Bonchev–Trinajstić information content (AvgIpc) is 3.28. The van der Waals surface area contributed by atoms with Crippen molar-refractivity contribution in [3.05, 3.63) is 22.4 Å². The third-order valence-electron chi connectivity index (χ3n) is 6.23. The molecule has 0 radical (unpaired) electrons. The number of nitrogens with zero attached hydrogens (tertiary/aromatic N) is 3. The molecule has 7 nitrogen and oxygen atoms in total. The van der Waals surface area contributed by atoms with E-state index >= 15 is 0 Å². The van der Waals surface area contributed by atoms with Gasteiger partial charge in [-0.25, -0.2) is 9.69 Å². The molecule has 2 saturated heterocycles. The summed E-state index contributed by atoms with van der Waals surface area (Å²) in [6.45, 7) is 4.92. The van der Waals surface area contributed by atoms with Crippen LogP contribution in [0.3, 0.4) is 0 Å². The number of amides is 4. The molecule has 146 valence electrons. The van der Waals surface area contributed by atoms with Gasteiger partial charge in [-0.15, -0.1) is 11.3 Å². The zero-order chi connectivity index (χ0) is 19.0. The third-order valence-corrected chi connectivity index (χ3v) is 7.09. The topological polar surface area (TPSA) is 73.0 Å². The van der Waals surface area contributed by atoms with Crippen LogP contribution in [0, 0.1) is 5.92 Å². The van der Waals surface area contributed by atoms with Crippen molar-refractivity contribution in [1.29, 1.82) is 0 Å². The molecule has 0 bridgehead atoms. The summed E-state index contributed by atoms with van der Waals surface area (Å²) in [5.41, 5.74) is -0.702. The van der Waals surface area contributed by atoms with Crippen LogP contribution in [0.5, 0.6) is 0 Å². The second kappa shape index (κ2) is 7.24. The van der Waals surface area contributed by atoms with Crippen LogP contribution in [0.25, 0.3) is 0 Å². The molecule has 2 atom stereocenters. The van der Waals surface area contributed by atoms with Crippen LogP contribution in [0.15, 0.2) is 17.5 Å². The number of piperazine rings is 1. The molecule has 1 spiro atoms. The van der Waals surface area contributed by atoms with Gasteiger partial charge in [0.1, 0.15) is 5.54 Å². The van der Waals surface area contributed by atoms with Gasteiger partial charge in [0, 0.05) is 26.2 Å². The Labute approximate surface area is 163 Å². The van der Waals surface area contributed by atoms with E-state index in [0.717, 1.165) is 30.6 Å². The van der Waals surface area contributed by atoms with Gasteiger partial charge in [-0.1, -0.05) is 25.8 Å². The number of rotatable bonds is 3. The van der Waals surface area contributed by atoms with Gasteiger partial charge in [-0.05, 0) is 30.2 Å². The minimum absolute atomic E-state index is 0.0645. The highest BCUT2D eigenvalue weighted by Gasteiger charge is 2.55. The normalized spacial score (nSPS) is 29.4. The van der Waals surface area contributed by atoms with Gasteiger partial charge in [0.05, 0.1) is 11.5 Å². The lowest BCUT2D eigenvalue weighted by atomic mass is 9.73. The standard InChI is InChI=1S/C19H26N4O3S/c1-14-5-2-3-7-19(14)17(25)23(18(26)20-19)13-21-8-10-22(11-9-21)16(24)15-6-4-12-27-15/h4,6,12,14H,2-3,5,7-11,13H2,1H3,(H,20,26)/t14-,19-/m1/s1. The van der Waals surface area contributed by atoms with E-state index in [0.29, 0.717) is 32.8 Å². The highest BCUT2D eigenvalue weighted by Crippen LogP contribution is 2.38. The van der Waals surface area contributed by atoms with E-state index in [-0.39, 0.29) is 23.8 Å². The molecule has 0 aromatic carbocycles. The summed E-state index contributed by atoms with van der Waals surface area (Å²) >= 11 is 1.45. The lowest BCUT2D eigenvalue weighted by Crippen LogP contribution is -2.55. The summed E-state index contributed by atoms with van der Waals surface area (Å²) in [7, 11) is 0. The Morgan fingerprint density at radius 1 is 1.26 bits per heavy atom. The monoisotopic (exact) mass is 390 g/mol. The number of hydrogen-bond acceptors (Lipinski definition) is 5. The summed E-state index contributed by atoms with van der Waals surface area (Å²) < 4.78 is 0. The van der Waals surface area contributed by atoms with Crippen molar-refractivity contribution in [1.82, 2.24) is 20.0 Å². The van der Waals surface area contributed by atoms with E-state index in [9.17, 15) is 14.4 Å². The van der Waals surface area contributed by atoms with Gasteiger partial charge in [0.25, 0.3) is 11.8 Å². The number of carbonyl (C=O) groups excluding carboxylic acids is 3. The summed E-state index contributed by atoms with van der Waals surface area (Å²) in [4.78, 5) is 44.1. The van der Waals surface area contributed by atoms with Crippen LogP contribution in [0.4, 0.5) is 4.79 Å². The van der Waals surface area contributed by atoms with Gasteiger partial charge in [0.2, 0.25) is 0 Å². The number of hydrogen-bond donors (Lipinski definition) is 1. The van der Waals surface area contributed by atoms with E-state index in [1.165, 1.54) is 16.2 Å². The van der Waals surface area contributed by atoms with Crippen LogP contribution in [-0.2, 0) is 4.79 Å². The van der Waals surface area contributed by atoms with Crippen molar-refractivity contribution in [3.8, 4) is 0 Å². The van der Waals surface area contributed by atoms with Crippen molar-refractivity contribution in [2.75, 3.05) is 32.8 Å². The quantitative estimate of drug-likeness (QED) is 0.801. The first kappa shape index (κ1) is 18.4. The van der Waals surface area contributed by atoms with Gasteiger partial charge < -0.3 is 10.2 Å². The molecule has 3 heterocycles. The molecule has 4 rings (SSSR count). The fourth-order valence-electron chi connectivity index (χ4n) is 4.47. The molecule has 3 aliphatic rings. The van der Waals surface area contributed by atoms with E-state index in [1.807, 2.05) is 22.4 Å². The van der Waals surface area contributed by atoms with Crippen molar-refractivity contribution >= 4 is 29.2 Å². The van der Waals surface area contributed by atoms with E-state index in [4.69, 9.17) is 0 Å². The molecule has 4 amide bonds. The molecule has 1 saturated carbocycles. The highest BCUT2D eigenvalue weighted by molar-refractivity contribution is 7.12. The van der Waals surface area contributed by atoms with Crippen LogP contribution in [0.2, 0.25) is 0 Å². The van der Waals surface area contributed by atoms with Gasteiger partial charge in [0.15, 0.2) is 0 Å². The summed E-state index contributed by atoms with van der Waals surface area (Å²) in [6.07, 6.45) is 3.81. The van der Waals surface area contributed by atoms with Crippen molar-refractivity contribution in [3.63, 3.8) is 0 Å². The maximum atomic E-state index is 13.1. The molecule has 1 N–H and O–H groups in total. The number of carbonyl (C=O) groups is 3. The van der Waals surface area contributed by atoms with Crippen molar-refractivity contribution in [2.45, 2.75) is 38.1 Å². The lowest BCUT2D eigenvalue weighted by Gasteiger charge is -2.38. The molecular formula is C19H26N4O3S. The van der Waals surface area contributed by atoms with Gasteiger partial charge in [-0.2, -0.15) is 0 Å². The predicted octanol–water partition coefficient (Wildman–Crippen LogP) is 1.96. The Balaban J connectivity index is 1.36. The number of urea groups is 1. The lowest BCUT2D eigenvalue weighted by molar-refractivity contribution is -0.135. The Hall–Kier alpha value is -1.93. The summed E-state index contributed by atoms with van der Waals surface area (Å²) in [5.74, 6) is 0.166. The Kier molecular flexibility index (Phi) is 4.94. The molecule has 3 fully saturated rings. The minimum Gasteiger partial charge on any atom is -0.335 e. The number of thiophene rings is 1. The maximum Gasteiger partial charge on any atom is 0.326 e. The molecule has 27 heavy (non-hydrogen) atoms. The summed E-state index contributed by atoms with van der Waals surface area (Å²) in [6, 6.07) is 3.46. The van der Waals surface area contributed by atoms with Crippen LogP contribution in [0.1, 0.15) is 42.3 Å². The van der Waals surface area contributed by atoms with Crippen LogP contribution >= 0.6 is 11.3 Å². The highest BCUT2D eigenvalue weighted by atomic mass is 32.1. The largest absolute Gasteiger partial charge is 0.335 e. The van der Waals surface area contributed by atoms with E-state index in [2.05, 4.69) is 17.1 Å². The molecule has 0 unspecified atom stereocenters. The van der Waals surface area contributed by atoms with E-state index in [1.54, 1.807) is 0 Å². The zero-order valence-corrected chi connectivity index (χ0v) is 16.5. The average molecular weight is 391 g/mol. The first-order valence-electron chi connectivity index (χ1n) is 9.70. The number of nitrogens with one attached hydrogen (secondary N) is 1. The van der Waals surface area contributed by atoms with Crippen molar-refractivity contribution < 1.29 is 14.4 Å². The fraction of sp³-hybridized carbons (Fsp3) is 0.632. The second-order valence-corrected chi connectivity index (χ2v) is 8.76. The zero-order valence-electron chi connectivity index (χ0n) is 15.6. The smallest absolute Gasteiger partial charge is 0.326 e. The molecule has 8 heteroatoms. The molecule has 1 aromatic rings. The van der Waals surface area contributed by atoms with Crippen LogP contribution < -0.4 is 5.32 Å². The number of imide groups is 1. The van der Waals surface area contributed by atoms with E-state index < -0.39 is 5.54 Å². The molecule has 1 aromatic heterocycles. The minimum atomic E-state index is -0.702. The van der Waals surface area contributed by atoms with Gasteiger partial charge in [-0.3, -0.25) is 14.5 Å². The molecular weight excluding hydrogens is 364 g/mol. The molecule has 2 aliphatic heterocycles. The molecule has 1 aliphatic carbocycles. The maximum absolute atomic E-state index is 13.1. The SMILES string of the molecule is C[C@@H]1CCCC[C@@]12NC(=O)N(CN1CCN(C(=O)c3cccs3)CC1)C2=O. The third kappa shape index (κ3) is 3.25. The van der Waals surface area contributed by atoms with Gasteiger partial charge >= 0.3 is 6.03 Å².